The molecule has 0 amide bonds. The molecule has 4 nitrogen and oxygen atoms in total. The predicted molar refractivity (Wildman–Crippen MR) is 104 cm³/mol. The summed E-state index contributed by atoms with van der Waals surface area (Å²) >= 11 is 0. The minimum Gasteiger partial charge on any atom is -0.241 e. The van der Waals surface area contributed by atoms with Gasteiger partial charge >= 0.3 is 0 Å². The van der Waals surface area contributed by atoms with Crippen molar-refractivity contribution in [1.82, 2.24) is 19.9 Å². The van der Waals surface area contributed by atoms with Crippen LogP contribution in [0, 0.1) is 0 Å². The average Bonchev–Trinajstić information content (AvgIpc) is 3.38. The SMILES string of the molecule is CC(C)c1ccnc(C2CCC(c3cc(C(C)C)nc(C4CC4)n3)C2)n1. The van der Waals surface area contributed by atoms with Gasteiger partial charge in [-0.05, 0) is 56.1 Å². The number of hydrogen-bond donors (Lipinski definition) is 0. The molecular formula is C22H30N4. The standard InChI is InChI=1S/C22H30N4/c1-13(2)18-9-10-23-21(24-18)17-8-7-16(11-17)20-12-19(14(3)4)25-22(26-20)15-5-6-15/h9-10,12-17H,5-8,11H2,1-4H3. The van der Waals surface area contributed by atoms with E-state index in [0.29, 0.717) is 29.6 Å². The van der Waals surface area contributed by atoms with Gasteiger partial charge in [-0.25, -0.2) is 19.9 Å². The molecule has 2 fully saturated rings. The summed E-state index contributed by atoms with van der Waals surface area (Å²) in [6.45, 7) is 8.84. The monoisotopic (exact) mass is 350 g/mol. The van der Waals surface area contributed by atoms with Gasteiger partial charge in [0.1, 0.15) is 11.6 Å². The highest BCUT2D eigenvalue weighted by atomic mass is 14.9. The minimum absolute atomic E-state index is 0.450. The van der Waals surface area contributed by atoms with Crippen molar-refractivity contribution in [2.45, 2.75) is 89.4 Å². The van der Waals surface area contributed by atoms with Gasteiger partial charge in [-0.15, -0.1) is 0 Å². The fourth-order valence-electron chi connectivity index (χ4n) is 3.93. The highest BCUT2D eigenvalue weighted by molar-refractivity contribution is 5.23. The molecule has 2 heterocycles. The van der Waals surface area contributed by atoms with Crippen molar-refractivity contribution in [2.75, 3.05) is 0 Å². The smallest absolute Gasteiger partial charge is 0.131 e. The van der Waals surface area contributed by atoms with E-state index in [1.54, 1.807) is 0 Å². The summed E-state index contributed by atoms with van der Waals surface area (Å²) < 4.78 is 0. The fraction of sp³-hybridized carbons (Fsp3) is 0.636. The number of hydrogen-bond acceptors (Lipinski definition) is 4. The third-order valence-corrected chi connectivity index (χ3v) is 5.82. The molecule has 0 aromatic carbocycles. The van der Waals surface area contributed by atoms with Crippen molar-refractivity contribution in [1.29, 1.82) is 0 Å². The molecule has 26 heavy (non-hydrogen) atoms. The molecule has 2 aliphatic carbocycles. The van der Waals surface area contributed by atoms with Gasteiger partial charge in [0, 0.05) is 41.0 Å². The molecule has 0 aliphatic heterocycles. The number of rotatable bonds is 5. The summed E-state index contributed by atoms with van der Waals surface area (Å²) in [4.78, 5) is 19.3. The van der Waals surface area contributed by atoms with E-state index >= 15 is 0 Å². The van der Waals surface area contributed by atoms with Crippen LogP contribution in [0.5, 0.6) is 0 Å². The lowest BCUT2D eigenvalue weighted by Crippen LogP contribution is -2.08. The van der Waals surface area contributed by atoms with Crippen molar-refractivity contribution in [3.05, 3.63) is 47.1 Å². The Balaban J connectivity index is 1.56. The van der Waals surface area contributed by atoms with Crippen LogP contribution in [0.15, 0.2) is 18.3 Å². The van der Waals surface area contributed by atoms with E-state index in [1.165, 1.54) is 30.7 Å². The largest absolute Gasteiger partial charge is 0.241 e. The minimum atomic E-state index is 0.450. The predicted octanol–water partition coefficient (Wildman–Crippen LogP) is 5.44. The van der Waals surface area contributed by atoms with Crippen LogP contribution in [-0.4, -0.2) is 19.9 Å². The summed E-state index contributed by atoms with van der Waals surface area (Å²) in [5, 5.41) is 0. The van der Waals surface area contributed by atoms with Crippen LogP contribution in [0.4, 0.5) is 0 Å². The Kier molecular flexibility index (Phi) is 4.76. The lowest BCUT2D eigenvalue weighted by atomic mass is 9.98. The molecule has 4 heteroatoms. The van der Waals surface area contributed by atoms with E-state index in [1.807, 2.05) is 12.3 Å². The molecule has 138 valence electrons. The summed E-state index contributed by atoms with van der Waals surface area (Å²) in [6, 6.07) is 4.30. The summed E-state index contributed by atoms with van der Waals surface area (Å²) in [5.41, 5.74) is 3.62. The molecule has 2 unspecified atom stereocenters. The zero-order valence-electron chi connectivity index (χ0n) is 16.4. The topological polar surface area (TPSA) is 51.6 Å². The molecule has 2 aromatic heterocycles. The van der Waals surface area contributed by atoms with Crippen LogP contribution in [0.1, 0.15) is 118 Å². The summed E-state index contributed by atoms with van der Waals surface area (Å²) in [7, 11) is 0. The Labute approximate surface area is 156 Å². The molecule has 2 saturated carbocycles. The van der Waals surface area contributed by atoms with Gasteiger partial charge in [0.15, 0.2) is 0 Å². The van der Waals surface area contributed by atoms with Crippen LogP contribution in [0.3, 0.4) is 0 Å². The van der Waals surface area contributed by atoms with Crippen molar-refractivity contribution < 1.29 is 0 Å². The van der Waals surface area contributed by atoms with E-state index < -0.39 is 0 Å². The zero-order valence-corrected chi connectivity index (χ0v) is 16.4. The number of aromatic nitrogens is 4. The van der Waals surface area contributed by atoms with Gasteiger partial charge in [0.05, 0.1) is 0 Å². The van der Waals surface area contributed by atoms with Crippen LogP contribution in [0.2, 0.25) is 0 Å². The van der Waals surface area contributed by atoms with Crippen molar-refractivity contribution in [3.8, 4) is 0 Å². The molecule has 4 rings (SSSR count). The Morgan fingerprint density at radius 1 is 0.769 bits per heavy atom. The maximum Gasteiger partial charge on any atom is 0.131 e. The van der Waals surface area contributed by atoms with Gasteiger partial charge in [0.25, 0.3) is 0 Å². The first kappa shape index (κ1) is 17.6. The Morgan fingerprint density at radius 2 is 1.42 bits per heavy atom. The van der Waals surface area contributed by atoms with Crippen molar-refractivity contribution >= 4 is 0 Å². The van der Waals surface area contributed by atoms with Crippen molar-refractivity contribution in [3.63, 3.8) is 0 Å². The van der Waals surface area contributed by atoms with Crippen molar-refractivity contribution in [2.24, 2.45) is 0 Å². The Hall–Kier alpha value is -1.84. The number of nitrogens with zero attached hydrogens (tertiary/aromatic N) is 4. The zero-order chi connectivity index (χ0) is 18.3. The lowest BCUT2D eigenvalue weighted by molar-refractivity contribution is 0.624. The van der Waals surface area contributed by atoms with Crippen LogP contribution in [0.25, 0.3) is 0 Å². The second kappa shape index (κ2) is 7.05. The summed E-state index contributed by atoms with van der Waals surface area (Å²) in [5.74, 6) is 4.61. The van der Waals surface area contributed by atoms with Gasteiger partial charge < -0.3 is 0 Å². The second-order valence-electron chi connectivity index (χ2n) is 8.71. The normalized spacial score (nSPS) is 23.2. The van der Waals surface area contributed by atoms with E-state index in [9.17, 15) is 0 Å². The Morgan fingerprint density at radius 3 is 2.12 bits per heavy atom. The van der Waals surface area contributed by atoms with E-state index in [2.05, 4.69) is 38.7 Å². The molecule has 0 bridgehead atoms. The second-order valence-corrected chi connectivity index (χ2v) is 8.71. The highest BCUT2D eigenvalue weighted by Gasteiger charge is 2.32. The first-order valence-corrected chi connectivity index (χ1v) is 10.2. The molecule has 2 aliphatic rings. The maximum atomic E-state index is 4.98. The van der Waals surface area contributed by atoms with Crippen LogP contribution < -0.4 is 0 Å². The van der Waals surface area contributed by atoms with E-state index in [-0.39, 0.29) is 0 Å². The first-order chi connectivity index (χ1) is 12.5. The van der Waals surface area contributed by atoms with Gasteiger partial charge in [-0.1, -0.05) is 27.7 Å². The van der Waals surface area contributed by atoms with Gasteiger partial charge in [-0.3, -0.25) is 0 Å². The molecule has 2 aromatic rings. The maximum absolute atomic E-state index is 4.98. The average molecular weight is 351 g/mol. The van der Waals surface area contributed by atoms with Gasteiger partial charge in [-0.2, -0.15) is 0 Å². The van der Waals surface area contributed by atoms with E-state index in [4.69, 9.17) is 15.0 Å². The molecule has 2 atom stereocenters. The third kappa shape index (κ3) is 3.65. The van der Waals surface area contributed by atoms with Gasteiger partial charge in [0.2, 0.25) is 0 Å². The summed E-state index contributed by atoms with van der Waals surface area (Å²) in [6.07, 6.45) is 7.89. The molecule has 0 N–H and O–H groups in total. The van der Waals surface area contributed by atoms with Crippen LogP contribution >= 0.6 is 0 Å². The highest BCUT2D eigenvalue weighted by Crippen LogP contribution is 2.44. The lowest BCUT2D eigenvalue weighted by Gasteiger charge is -2.15. The quantitative estimate of drug-likeness (QED) is 0.720. The van der Waals surface area contributed by atoms with Crippen LogP contribution in [-0.2, 0) is 0 Å². The first-order valence-electron chi connectivity index (χ1n) is 10.2. The fourth-order valence-corrected chi connectivity index (χ4v) is 3.93. The molecular weight excluding hydrogens is 320 g/mol. The molecule has 0 radical (unpaired) electrons. The molecule has 0 spiro atoms. The van der Waals surface area contributed by atoms with E-state index in [0.717, 1.165) is 30.2 Å². The molecule has 0 saturated heterocycles. The third-order valence-electron chi connectivity index (χ3n) is 5.82. The Bertz CT molecular complexity index is 759.